The molecular formula is C32H36F3N9O. The maximum Gasteiger partial charge on any atom is 0.416 e. The van der Waals surface area contributed by atoms with Crippen LogP contribution in [0.4, 0.5) is 35.3 Å². The van der Waals surface area contributed by atoms with Crippen LogP contribution >= 0.6 is 0 Å². The van der Waals surface area contributed by atoms with Gasteiger partial charge in [0.15, 0.2) is 5.65 Å². The number of carbonyl (C=O) groups is 1. The molecule has 0 atom stereocenters. The van der Waals surface area contributed by atoms with E-state index < -0.39 is 17.8 Å². The van der Waals surface area contributed by atoms with Crippen LogP contribution in [0.25, 0.3) is 5.65 Å². The van der Waals surface area contributed by atoms with E-state index >= 15 is 0 Å². The number of nitrogens with one attached hydrogen (secondary N) is 2. The van der Waals surface area contributed by atoms with E-state index in [9.17, 15) is 18.0 Å². The smallest absolute Gasteiger partial charge is 0.356 e. The third-order valence-corrected chi connectivity index (χ3v) is 7.75. The van der Waals surface area contributed by atoms with Crippen molar-refractivity contribution in [2.24, 2.45) is 0 Å². The number of hydrogen-bond acceptors (Lipinski definition) is 7. The van der Waals surface area contributed by atoms with Gasteiger partial charge in [0.25, 0.3) is 0 Å². The van der Waals surface area contributed by atoms with Gasteiger partial charge in [0.05, 0.1) is 11.8 Å². The summed E-state index contributed by atoms with van der Waals surface area (Å²) in [7, 11) is 0. The van der Waals surface area contributed by atoms with Gasteiger partial charge in [0.1, 0.15) is 17.3 Å². The number of rotatable bonds is 8. The Morgan fingerprint density at radius 1 is 0.933 bits per heavy atom. The Bertz CT molecular complexity index is 1700. The molecule has 0 radical (unpaired) electrons. The van der Waals surface area contributed by atoms with Gasteiger partial charge >= 0.3 is 12.2 Å². The number of halogens is 3. The molecule has 5 rings (SSSR count). The fourth-order valence-electron chi connectivity index (χ4n) is 5.22. The molecule has 10 nitrogen and oxygen atoms in total. The number of carbonyl (C=O) groups excluding carboxylic acids is 1. The first-order chi connectivity index (χ1) is 21.7. The van der Waals surface area contributed by atoms with E-state index in [-0.39, 0.29) is 23.6 Å². The lowest BCUT2D eigenvalue weighted by molar-refractivity contribution is -0.138. The molecule has 0 unspecified atom stereocenters. The van der Waals surface area contributed by atoms with Gasteiger partial charge < -0.3 is 15.1 Å². The Hall–Kier alpha value is -4.67. The molecule has 236 valence electrons. The third kappa shape index (κ3) is 7.89. The zero-order chi connectivity index (χ0) is 32.0. The van der Waals surface area contributed by atoms with Gasteiger partial charge in [0.2, 0.25) is 0 Å². The summed E-state index contributed by atoms with van der Waals surface area (Å²) >= 11 is 0. The molecule has 4 aromatic rings. The quantitative estimate of drug-likeness (QED) is 0.263. The molecule has 1 aliphatic heterocycles. The minimum absolute atomic E-state index is 0.0273. The van der Waals surface area contributed by atoms with Crippen molar-refractivity contribution in [2.45, 2.75) is 33.5 Å². The van der Waals surface area contributed by atoms with Crippen LogP contribution in [0.3, 0.4) is 0 Å². The van der Waals surface area contributed by atoms with Gasteiger partial charge in [-0.2, -0.15) is 13.2 Å². The highest BCUT2D eigenvalue weighted by molar-refractivity contribution is 5.99. The SMILES string of the molecule is CCN1CCN(Cc2ccc(NC(=O)Nc3cc(C#Cc4cnc5ccc(N(CC)CC)nn45)ccn3)cc2C(F)(F)F)CC1. The van der Waals surface area contributed by atoms with E-state index in [1.807, 2.05) is 17.0 Å². The van der Waals surface area contributed by atoms with Crippen molar-refractivity contribution in [2.75, 3.05) is 61.3 Å². The molecule has 4 heterocycles. The largest absolute Gasteiger partial charge is 0.416 e. The number of imidazole rings is 1. The van der Waals surface area contributed by atoms with E-state index in [0.717, 1.165) is 44.6 Å². The lowest BCUT2D eigenvalue weighted by Gasteiger charge is -2.34. The fraction of sp³-hybridized carbons (Fsp3) is 0.375. The lowest BCUT2D eigenvalue weighted by atomic mass is 10.0. The van der Waals surface area contributed by atoms with Crippen molar-refractivity contribution >= 4 is 29.0 Å². The number of alkyl halides is 3. The van der Waals surface area contributed by atoms with Crippen LogP contribution < -0.4 is 15.5 Å². The Morgan fingerprint density at radius 3 is 2.40 bits per heavy atom. The van der Waals surface area contributed by atoms with Crippen LogP contribution in [0.15, 0.2) is 54.9 Å². The molecule has 0 aliphatic carbocycles. The zero-order valence-corrected chi connectivity index (χ0v) is 25.5. The van der Waals surface area contributed by atoms with Gasteiger partial charge in [-0.15, -0.1) is 5.10 Å². The number of urea groups is 1. The number of hydrogen-bond donors (Lipinski definition) is 2. The summed E-state index contributed by atoms with van der Waals surface area (Å²) < 4.78 is 43.6. The molecule has 0 saturated carbocycles. The summed E-state index contributed by atoms with van der Waals surface area (Å²) in [5.74, 6) is 7.12. The van der Waals surface area contributed by atoms with Crippen LogP contribution in [0.5, 0.6) is 0 Å². The fourth-order valence-corrected chi connectivity index (χ4v) is 5.22. The van der Waals surface area contributed by atoms with Gasteiger partial charge in [-0.3, -0.25) is 10.2 Å². The second kappa shape index (κ2) is 14.0. The first-order valence-electron chi connectivity index (χ1n) is 15.0. The van der Waals surface area contributed by atoms with E-state index in [0.29, 0.717) is 30.0 Å². The van der Waals surface area contributed by atoms with Crippen molar-refractivity contribution in [3.8, 4) is 11.8 Å². The minimum atomic E-state index is -4.56. The molecule has 13 heteroatoms. The predicted octanol–water partition coefficient (Wildman–Crippen LogP) is 5.17. The van der Waals surface area contributed by atoms with E-state index in [4.69, 9.17) is 0 Å². The van der Waals surface area contributed by atoms with Gasteiger partial charge in [-0.05, 0) is 68.3 Å². The number of nitrogens with zero attached hydrogens (tertiary/aromatic N) is 7. The molecule has 0 bridgehead atoms. The third-order valence-electron chi connectivity index (χ3n) is 7.75. The Morgan fingerprint density at radius 2 is 1.69 bits per heavy atom. The molecule has 1 fully saturated rings. The Labute approximate surface area is 260 Å². The summed E-state index contributed by atoms with van der Waals surface area (Å²) in [5.41, 5.74) is 1.27. The number of piperazine rings is 1. The zero-order valence-electron chi connectivity index (χ0n) is 25.5. The van der Waals surface area contributed by atoms with Gasteiger partial charge in [-0.1, -0.05) is 18.9 Å². The van der Waals surface area contributed by atoms with Crippen LogP contribution in [-0.2, 0) is 12.7 Å². The summed E-state index contributed by atoms with van der Waals surface area (Å²) in [4.78, 5) is 27.7. The van der Waals surface area contributed by atoms with Crippen LogP contribution in [0, 0.1) is 11.8 Å². The van der Waals surface area contributed by atoms with Crippen molar-refractivity contribution in [1.29, 1.82) is 0 Å². The maximum atomic E-state index is 14.0. The molecule has 3 aromatic heterocycles. The normalized spacial score (nSPS) is 14.2. The predicted molar refractivity (Wildman–Crippen MR) is 168 cm³/mol. The van der Waals surface area contributed by atoms with Crippen LogP contribution in [0.2, 0.25) is 0 Å². The number of anilines is 3. The highest BCUT2D eigenvalue weighted by Gasteiger charge is 2.34. The monoisotopic (exact) mass is 619 g/mol. The van der Waals surface area contributed by atoms with Crippen LogP contribution in [0.1, 0.15) is 43.2 Å². The number of pyridine rings is 1. The molecule has 1 aromatic carbocycles. The lowest BCUT2D eigenvalue weighted by Crippen LogP contribution is -2.45. The number of amides is 2. The Kier molecular flexibility index (Phi) is 9.85. The van der Waals surface area contributed by atoms with Gasteiger partial charge in [0, 0.05) is 63.3 Å². The molecule has 45 heavy (non-hydrogen) atoms. The second-order valence-corrected chi connectivity index (χ2v) is 10.6. The molecule has 1 aliphatic rings. The highest BCUT2D eigenvalue weighted by Crippen LogP contribution is 2.34. The molecule has 0 spiro atoms. The minimum Gasteiger partial charge on any atom is -0.356 e. The molecule has 2 amide bonds. The van der Waals surface area contributed by atoms with E-state index in [2.05, 4.69) is 68.1 Å². The number of likely N-dealkylation sites (N-methyl/N-ethyl adjacent to an activating group) is 1. The van der Waals surface area contributed by atoms with E-state index in [1.165, 1.54) is 18.3 Å². The van der Waals surface area contributed by atoms with Gasteiger partial charge in [-0.25, -0.2) is 19.3 Å². The van der Waals surface area contributed by atoms with Crippen molar-refractivity contribution < 1.29 is 18.0 Å². The maximum absolute atomic E-state index is 14.0. The summed E-state index contributed by atoms with van der Waals surface area (Å²) in [6.45, 7) is 12.0. The summed E-state index contributed by atoms with van der Waals surface area (Å²) in [6.07, 6.45) is -1.43. The average Bonchev–Trinajstić information content (AvgIpc) is 3.43. The van der Waals surface area contributed by atoms with Crippen molar-refractivity contribution in [3.63, 3.8) is 0 Å². The standard InChI is InChI=1S/C32H36F3N9O/c1-4-41-15-17-42(18-16-41)22-24-8-9-25(20-27(24)32(33,34)35)38-31(45)39-28-19-23(13-14-36-28)7-10-26-21-37-29-11-12-30(40-44(26)29)43(5-2)6-3/h8-9,11-14,19-21H,4-6,15-18,22H2,1-3H3,(H2,36,38,39,45). The number of aromatic nitrogens is 4. The highest BCUT2D eigenvalue weighted by atomic mass is 19.4. The van der Waals surface area contributed by atoms with Crippen molar-refractivity contribution in [3.05, 3.63) is 77.2 Å². The summed E-state index contributed by atoms with van der Waals surface area (Å²) in [5, 5.41) is 9.74. The Balaban J connectivity index is 1.26. The molecular weight excluding hydrogens is 583 g/mol. The topological polar surface area (TPSA) is 93.9 Å². The number of fused-ring (bicyclic) bond motifs is 1. The second-order valence-electron chi connectivity index (χ2n) is 10.6. The summed E-state index contributed by atoms with van der Waals surface area (Å²) in [6, 6.07) is 10.2. The first-order valence-corrected chi connectivity index (χ1v) is 15.0. The average molecular weight is 620 g/mol. The van der Waals surface area contributed by atoms with E-state index in [1.54, 1.807) is 22.8 Å². The van der Waals surface area contributed by atoms with Crippen molar-refractivity contribution in [1.82, 2.24) is 29.4 Å². The molecule has 2 N–H and O–H groups in total. The molecule has 1 saturated heterocycles. The first kappa shape index (κ1) is 31.7. The number of benzene rings is 1. The van der Waals surface area contributed by atoms with Crippen LogP contribution in [-0.4, -0.2) is 81.2 Å².